The number of carbonyl (C=O) groups is 1. The van der Waals surface area contributed by atoms with Crippen LogP contribution in [0.4, 0.5) is 11.4 Å². The minimum atomic E-state index is -0.165. The van der Waals surface area contributed by atoms with Gasteiger partial charge in [-0.1, -0.05) is 54.1 Å². The van der Waals surface area contributed by atoms with Crippen molar-refractivity contribution < 1.29 is 4.79 Å². The fraction of sp³-hybridized carbons (Fsp3) is 0.0500. The zero-order chi connectivity index (χ0) is 16.2. The highest BCUT2D eigenvalue weighted by molar-refractivity contribution is 6.06. The lowest BCUT2D eigenvalue weighted by Gasteiger charge is -2.11. The molecule has 1 amide bonds. The van der Waals surface area contributed by atoms with Crippen molar-refractivity contribution in [1.82, 2.24) is 0 Å². The van der Waals surface area contributed by atoms with E-state index in [1.54, 1.807) is 0 Å². The molecule has 3 heteroatoms. The van der Waals surface area contributed by atoms with Crippen LogP contribution < -0.4 is 11.1 Å². The minimum absolute atomic E-state index is 0.165. The summed E-state index contributed by atoms with van der Waals surface area (Å²) in [4.78, 5) is 12.4. The monoisotopic (exact) mass is 302 g/mol. The fourth-order valence-electron chi connectivity index (χ4n) is 2.37. The highest BCUT2D eigenvalue weighted by atomic mass is 16.1. The molecule has 3 nitrogen and oxygen atoms in total. The zero-order valence-corrected chi connectivity index (χ0v) is 12.9. The van der Waals surface area contributed by atoms with Gasteiger partial charge in [-0.2, -0.15) is 0 Å². The summed E-state index contributed by atoms with van der Waals surface area (Å²) in [5, 5.41) is 2.89. The summed E-state index contributed by atoms with van der Waals surface area (Å²) in [6.45, 7) is 1.99. The number of rotatable bonds is 3. The summed E-state index contributed by atoms with van der Waals surface area (Å²) in [5.74, 6) is -0.165. The Kier molecular flexibility index (Phi) is 4.11. The molecule has 0 unspecified atom stereocenters. The molecule has 0 radical (unpaired) electrons. The maximum atomic E-state index is 12.4. The molecule has 0 aliphatic rings. The number of amides is 1. The molecule has 0 fully saturated rings. The van der Waals surface area contributed by atoms with Gasteiger partial charge in [0, 0.05) is 5.56 Å². The number of nitrogen functional groups attached to an aromatic ring is 1. The first-order valence-corrected chi connectivity index (χ1v) is 7.46. The Morgan fingerprint density at radius 3 is 2.26 bits per heavy atom. The highest BCUT2D eigenvalue weighted by Crippen LogP contribution is 2.27. The molecule has 0 saturated heterocycles. The zero-order valence-electron chi connectivity index (χ0n) is 12.9. The van der Waals surface area contributed by atoms with E-state index in [4.69, 9.17) is 5.73 Å². The molecule has 0 heterocycles. The molecule has 0 aliphatic heterocycles. The Morgan fingerprint density at radius 1 is 0.870 bits per heavy atom. The number of aryl methyl sites for hydroxylation is 1. The standard InChI is InChI=1S/C20H18N2O/c1-14-7-9-16(10-8-14)20(23)22-19-13-17(11-12-18(19)21)15-5-3-2-4-6-15/h2-13H,21H2,1H3,(H,22,23). The van der Waals surface area contributed by atoms with Crippen LogP contribution in [0.1, 0.15) is 15.9 Å². The Bertz CT molecular complexity index is 824. The second-order valence-corrected chi connectivity index (χ2v) is 5.49. The number of nitrogens with two attached hydrogens (primary N) is 1. The third-order valence-electron chi connectivity index (χ3n) is 3.72. The van der Waals surface area contributed by atoms with E-state index < -0.39 is 0 Å². The van der Waals surface area contributed by atoms with Crippen LogP contribution in [0.5, 0.6) is 0 Å². The Balaban J connectivity index is 1.88. The molecular formula is C20H18N2O. The SMILES string of the molecule is Cc1ccc(C(=O)Nc2cc(-c3ccccc3)ccc2N)cc1. The van der Waals surface area contributed by atoms with Gasteiger partial charge in [-0.3, -0.25) is 4.79 Å². The van der Waals surface area contributed by atoms with Gasteiger partial charge in [-0.25, -0.2) is 0 Å². The van der Waals surface area contributed by atoms with Gasteiger partial charge < -0.3 is 11.1 Å². The molecular weight excluding hydrogens is 284 g/mol. The van der Waals surface area contributed by atoms with Gasteiger partial charge in [0.05, 0.1) is 11.4 Å². The number of carbonyl (C=O) groups excluding carboxylic acids is 1. The van der Waals surface area contributed by atoms with Crippen LogP contribution in [-0.4, -0.2) is 5.91 Å². The topological polar surface area (TPSA) is 55.1 Å². The largest absolute Gasteiger partial charge is 0.397 e. The van der Waals surface area contributed by atoms with Crippen molar-refractivity contribution in [2.24, 2.45) is 0 Å². The van der Waals surface area contributed by atoms with Gasteiger partial charge in [0.1, 0.15) is 0 Å². The maximum absolute atomic E-state index is 12.4. The average Bonchev–Trinajstić information content (AvgIpc) is 2.58. The molecule has 0 spiro atoms. The number of anilines is 2. The Labute approximate surface area is 135 Å². The first-order chi connectivity index (χ1) is 11.1. The van der Waals surface area contributed by atoms with Crippen LogP contribution in [-0.2, 0) is 0 Å². The van der Waals surface area contributed by atoms with Gasteiger partial charge in [0.15, 0.2) is 0 Å². The van der Waals surface area contributed by atoms with E-state index in [0.29, 0.717) is 16.9 Å². The first kappa shape index (κ1) is 14.9. The normalized spacial score (nSPS) is 10.3. The van der Waals surface area contributed by atoms with E-state index in [9.17, 15) is 4.79 Å². The third kappa shape index (κ3) is 3.40. The molecule has 114 valence electrons. The van der Waals surface area contributed by atoms with Crippen molar-refractivity contribution in [3.63, 3.8) is 0 Å². The molecule has 0 aliphatic carbocycles. The molecule has 3 N–H and O–H groups in total. The van der Waals surface area contributed by atoms with Crippen molar-refractivity contribution in [3.8, 4) is 11.1 Å². The van der Waals surface area contributed by atoms with Crippen LogP contribution in [0, 0.1) is 6.92 Å². The summed E-state index contributed by atoms with van der Waals surface area (Å²) in [5.41, 5.74) is 11.0. The summed E-state index contributed by atoms with van der Waals surface area (Å²) >= 11 is 0. The first-order valence-electron chi connectivity index (χ1n) is 7.46. The summed E-state index contributed by atoms with van der Waals surface area (Å²) in [7, 11) is 0. The van der Waals surface area contributed by atoms with E-state index in [-0.39, 0.29) is 5.91 Å². The van der Waals surface area contributed by atoms with Gasteiger partial charge in [-0.15, -0.1) is 0 Å². The second-order valence-electron chi connectivity index (χ2n) is 5.49. The van der Waals surface area contributed by atoms with Crippen molar-refractivity contribution in [2.45, 2.75) is 6.92 Å². The van der Waals surface area contributed by atoms with Crippen molar-refractivity contribution in [2.75, 3.05) is 11.1 Å². The third-order valence-corrected chi connectivity index (χ3v) is 3.72. The summed E-state index contributed by atoms with van der Waals surface area (Å²) < 4.78 is 0. The molecule has 0 saturated carbocycles. The summed E-state index contributed by atoms with van der Waals surface area (Å²) in [6, 6.07) is 23.1. The van der Waals surface area contributed by atoms with Crippen LogP contribution >= 0.6 is 0 Å². The molecule has 0 bridgehead atoms. The lowest BCUT2D eigenvalue weighted by atomic mass is 10.0. The fourth-order valence-corrected chi connectivity index (χ4v) is 2.37. The van der Waals surface area contributed by atoms with Crippen molar-refractivity contribution in [1.29, 1.82) is 0 Å². The quantitative estimate of drug-likeness (QED) is 0.700. The average molecular weight is 302 g/mol. The van der Waals surface area contributed by atoms with E-state index >= 15 is 0 Å². The Hall–Kier alpha value is -3.07. The van der Waals surface area contributed by atoms with Crippen LogP contribution in [0.25, 0.3) is 11.1 Å². The van der Waals surface area contributed by atoms with E-state index in [2.05, 4.69) is 5.32 Å². The van der Waals surface area contributed by atoms with Crippen LogP contribution in [0.2, 0.25) is 0 Å². The lowest BCUT2D eigenvalue weighted by molar-refractivity contribution is 0.102. The van der Waals surface area contributed by atoms with Crippen molar-refractivity contribution in [3.05, 3.63) is 83.9 Å². The molecule has 3 aromatic carbocycles. The molecule has 0 aromatic heterocycles. The van der Waals surface area contributed by atoms with E-state index in [1.807, 2.05) is 79.7 Å². The van der Waals surface area contributed by atoms with Gasteiger partial charge in [0.2, 0.25) is 0 Å². The summed E-state index contributed by atoms with van der Waals surface area (Å²) in [6.07, 6.45) is 0. The molecule has 3 rings (SSSR count). The van der Waals surface area contributed by atoms with Crippen molar-refractivity contribution >= 4 is 17.3 Å². The lowest BCUT2D eigenvalue weighted by Crippen LogP contribution is -2.13. The molecule has 0 atom stereocenters. The predicted octanol–water partition coefficient (Wildman–Crippen LogP) is 4.50. The Morgan fingerprint density at radius 2 is 1.57 bits per heavy atom. The van der Waals surface area contributed by atoms with Crippen LogP contribution in [0.3, 0.4) is 0 Å². The predicted molar refractivity (Wildman–Crippen MR) is 95.4 cm³/mol. The molecule has 23 heavy (non-hydrogen) atoms. The minimum Gasteiger partial charge on any atom is -0.397 e. The number of benzene rings is 3. The maximum Gasteiger partial charge on any atom is 0.255 e. The number of nitrogens with one attached hydrogen (secondary N) is 1. The smallest absolute Gasteiger partial charge is 0.255 e. The van der Waals surface area contributed by atoms with Gasteiger partial charge in [-0.05, 0) is 42.3 Å². The number of hydrogen-bond acceptors (Lipinski definition) is 2. The highest BCUT2D eigenvalue weighted by Gasteiger charge is 2.09. The van der Waals surface area contributed by atoms with Gasteiger partial charge >= 0.3 is 0 Å². The second kappa shape index (κ2) is 6.36. The van der Waals surface area contributed by atoms with E-state index in [0.717, 1.165) is 16.7 Å². The van der Waals surface area contributed by atoms with Crippen LogP contribution in [0.15, 0.2) is 72.8 Å². The van der Waals surface area contributed by atoms with E-state index in [1.165, 1.54) is 0 Å². The van der Waals surface area contributed by atoms with Gasteiger partial charge in [0.25, 0.3) is 5.91 Å². The molecule has 3 aromatic rings. The number of hydrogen-bond donors (Lipinski definition) is 2.